The topological polar surface area (TPSA) is 143 Å². The van der Waals surface area contributed by atoms with Crippen LogP contribution in [-0.2, 0) is 9.13 Å². The lowest BCUT2D eigenvalue weighted by Gasteiger charge is -2.30. The molecule has 13 heavy (non-hydrogen) atoms. The molecule has 0 aromatic heterocycles. The second-order valence-electron chi connectivity index (χ2n) is 2.37. The minimum Gasteiger partial charge on any atom is -0.633 e. The Bertz CT molecular complexity index is 232. The highest BCUT2D eigenvalue weighted by molar-refractivity contribution is 7.70. The molecule has 0 aromatic rings. The van der Waals surface area contributed by atoms with Gasteiger partial charge in [-0.25, -0.2) is 0 Å². The summed E-state index contributed by atoms with van der Waals surface area (Å²) in [5.41, 5.74) is -2.51. The van der Waals surface area contributed by atoms with Gasteiger partial charge in [-0.2, -0.15) is 0 Å². The predicted molar refractivity (Wildman–Crippen MR) is 42.7 cm³/mol. The van der Waals surface area contributed by atoms with Crippen molar-refractivity contribution >= 4 is 15.2 Å². The first kappa shape index (κ1) is 13.2. The molecule has 0 aliphatic carbocycles. The average molecular weight is 235 g/mol. The van der Waals surface area contributed by atoms with E-state index in [0.717, 1.165) is 0 Å². The number of quaternary nitrogens is 1. The Kier molecular flexibility index (Phi) is 4.23. The summed E-state index contributed by atoms with van der Waals surface area (Å²) >= 11 is 0. The summed E-state index contributed by atoms with van der Waals surface area (Å²) in [4.78, 5) is 34.1. The highest BCUT2D eigenvalue weighted by Crippen LogP contribution is 2.56. The largest absolute Gasteiger partial charge is 0.633 e. The van der Waals surface area contributed by atoms with E-state index in [0.29, 0.717) is 0 Å². The van der Waals surface area contributed by atoms with Crippen molar-refractivity contribution in [3.63, 3.8) is 0 Å². The van der Waals surface area contributed by atoms with Gasteiger partial charge in [-0.3, -0.25) is 9.13 Å². The van der Waals surface area contributed by atoms with E-state index < -0.39 is 25.8 Å². The van der Waals surface area contributed by atoms with E-state index in [-0.39, 0.29) is 6.54 Å². The van der Waals surface area contributed by atoms with Gasteiger partial charge >= 0.3 is 15.2 Å². The molecule has 8 nitrogen and oxygen atoms in total. The fourth-order valence-electron chi connectivity index (χ4n) is 0.754. The molecule has 0 rings (SSSR count). The molecule has 0 saturated heterocycles. The fraction of sp³-hybridized carbons (Fsp3) is 1.00. The summed E-state index contributed by atoms with van der Waals surface area (Å²) in [6.07, 6.45) is 0. The molecule has 0 radical (unpaired) electrons. The molecule has 10 heteroatoms. The Morgan fingerprint density at radius 1 is 1.23 bits per heavy atom. The highest BCUT2D eigenvalue weighted by Gasteiger charge is 2.48. The summed E-state index contributed by atoms with van der Waals surface area (Å²) in [6, 6.07) is 0. The van der Waals surface area contributed by atoms with E-state index in [9.17, 15) is 14.3 Å². The molecule has 0 spiro atoms. The minimum atomic E-state index is -5.08. The Morgan fingerprint density at radius 2 is 1.54 bits per heavy atom. The quantitative estimate of drug-likeness (QED) is 0.281. The number of hydroxylamine groups is 2. The van der Waals surface area contributed by atoms with Crippen molar-refractivity contribution in [2.75, 3.05) is 6.54 Å². The van der Waals surface area contributed by atoms with E-state index in [1.165, 1.54) is 6.92 Å². The Morgan fingerprint density at radius 3 is 1.62 bits per heavy atom. The lowest BCUT2D eigenvalue weighted by atomic mass is 10.8. The first-order valence-electron chi connectivity index (χ1n) is 3.24. The van der Waals surface area contributed by atoms with Gasteiger partial charge in [0, 0.05) is 0 Å². The van der Waals surface area contributed by atoms with Crippen molar-refractivity contribution in [1.82, 2.24) is 0 Å². The molecule has 0 aromatic carbocycles. The number of nitrogens with one attached hydrogen (secondary N) is 1. The van der Waals surface area contributed by atoms with E-state index in [1.54, 1.807) is 0 Å². The molecule has 80 valence electrons. The van der Waals surface area contributed by atoms with Crippen LogP contribution in [0, 0.1) is 5.21 Å². The van der Waals surface area contributed by atoms with Gasteiger partial charge in [-0.05, 0) is 6.92 Å². The van der Waals surface area contributed by atoms with Gasteiger partial charge in [0.15, 0.2) is 0 Å². The molecule has 0 amide bonds. The van der Waals surface area contributed by atoms with E-state index >= 15 is 0 Å². The van der Waals surface area contributed by atoms with Crippen LogP contribution < -0.4 is 5.06 Å². The highest BCUT2D eigenvalue weighted by atomic mass is 31.2. The lowest BCUT2D eigenvalue weighted by Crippen LogP contribution is -3.10. The Balaban J connectivity index is 5.01. The van der Waals surface area contributed by atoms with Crippen molar-refractivity contribution in [1.29, 1.82) is 0 Å². The molecule has 1 atom stereocenters. The molecule has 0 aliphatic rings. The maximum Gasteiger partial charge on any atom is 0.395 e. The van der Waals surface area contributed by atoms with Gasteiger partial charge in [0.25, 0.3) is 5.52 Å². The molecule has 0 saturated carbocycles. The van der Waals surface area contributed by atoms with E-state index in [1.807, 2.05) is 0 Å². The molecule has 0 aliphatic heterocycles. The van der Waals surface area contributed by atoms with Crippen LogP contribution in [0.4, 0.5) is 0 Å². The summed E-state index contributed by atoms with van der Waals surface area (Å²) in [7, 11) is -10.2. The monoisotopic (exact) mass is 235 g/mol. The SMILES string of the molecule is CC[NH+]([O-])C(P(=O)(O)O)P(=O)(O)O. The van der Waals surface area contributed by atoms with Crippen LogP contribution in [0.25, 0.3) is 0 Å². The van der Waals surface area contributed by atoms with Crippen molar-refractivity contribution in [2.45, 2.75) is 12.4 Å². The van der Waals surface area contributed by atoms with Crippen LogP contribution in [0.15, 0.2) is 0 Å². The average Bonchev–Trinajstić information content (AvgIpc) is 1.80. The van der Waals surface area contributed by atoms with Gasteiger partial charge in [0.05, 0.1) is 6.54 Å². The maximum absolute atomic E-state index is 10.8. The van der Waals surface area contributed by atoms with Crippen molar-refractivity contribution in [3.8, 4) is 0 Å². The molecular weight excluding hydrogens is 224 g/mol. The summed E-state index contributed by atoms with van der Waals surface area (Å²) in [6.45, 7) is 0.932. The zero-order valence-corrected chi connectivity index (χ0v) is 8.48. The molecule has 1 unspecified atom stereocenters. The van der Waals surface area contributed by atoms with Crippen LogP contribution in [0.5, 0.6) is 0 Å². The van der Waals surface area contributed by atoms with Gasteiger partial charge in [0.1, 0.15) is 0 Å². The molecular formula is C3H11NO7P2. The third-order valence-electron chi connectivity index (χ3n) is 1.27. The molecule has 0 bridgehead atoms. The van der Waals surface area contributed by atoms with Crippen molar-refractivity contribution in [2.24, 2.45) is 0 Å². The van der Waals surface area contributed by atoms with Gasteiger partial charge < -0.3 is 29.8 Å². The Hall–Kier alpha value is 0.220. The van der Waals surface area contributed by atoms with Crippen LogP contribution in [-0.4, -0.2) is 31.6 Å². The van der Waals surface area contributed by atoms with E-state index in [4.69, 9.17) is 19.6 Å². The maximum atomic E-state index is 10.8. The summed E-state index contributed by atoms with van der Waals surface area (Å²) in [5.74, 6) is 0. The standard InChI is InChI=1S/C3H11NO7P2/c1-2-4(5)3(12(6,7)8)13(9,10)11/h3-4H,2H2,1H3,(H2,6,7,8)(H2,9,10,11). The summed E-state index contributed by atoms with van der Waals surface area (Å²) < 4.78 is 21.1. The first-order chi connectivity index (χ1) is 5.60. The van der Waals surface area contributed by atoms with Crippen LogP contribution >= 0.6 is 15.2 Å². The zero-order chi connectivity index (χ0) is 10.9. The van der Waals surface area contributed by atoms with Crippen molar-refractivity contribution in [3.05, 3.63) is 5.21 Å². The molecule has 0 heterocycles. The predicted octanol–water partition coefficient (Wildman–Crippen LogP) is -1.97. The van der Waals surface area contributed by atoms with Gasteiger partial charge in [-0.15, -0.1) is 0 Å². The minimum absolute atomic E-state index is 0.332. The number of rotatable bonds is 4. The normalized spacial score (nSPS) is 16.2. The van der Waals surface area contributed by atoms with Gasteiger partial charge in [0.2, 0.25) is 0 Å². The van der Waals surface area contributed by atoms with Crippen LogP contribution in [0.2, 0.25) is 0 Å². The zero-order valence-electron chi connectivity index (χ0n) is 6.69. The molecule has 0 fully saturated rings. The third-order valence-corrected chi connectivity index (χ3v) is 4.93. The van der Waals surface area contributed by atoms with Crippen LogP contribution in [0.3, 0.4) is 0 Å². The summed E-state index contributed by atoms with van der Waals surface area (Å²) in [5, 5.41) is 9.68. The van der Waals surface area contributed by atoms with Crippen molar-refractivity contribution < 1.29 is 33.8 Å². The smallest absolute Gasteiger partial charge is 0.395 e. The number of hydrogen-bond donors (Lipinski definition) is 5. The third kappa shape index (κ3) is 3.84. The fourth-order valence-corrected chi connectivity index (χ4v) is 3.44. The Labute approximate surface area is 74.1 Å². The number of hydrogen-bond acceptors (Lipinski definition) is 3. The lowest BCUT2D eigenvalue weighted by molar-refractivity contribution is -0.847. The second kappa shape index (κ2) is 4.16. The first-order valence-corrected chi connectivity index (χ1v) is 6.60. The van der Waals surface area contributed by atoms with E-state index in [2.05, 4.69) is 0 Å². The van der Waals surface area contributed by atoms with Gasteiger partial charge in [-0.1, -0.05) is 0 Å². The second-order valence-corrected chi connectivity index (χ2v) is 6.17. The van der Waals surface area contributed by atoms with Crippen LogP contribution in [0.1, 0.15) is 6.92 Å². The molecule has 5 N–H and O–H groups in total.